The molecule has 1 aromatic rings. The van der Waals surface area contributed by atoms with Gasteiger partial charge in [-0.15, -0.1) is 0 Å². The van der Waals surface area contributed by atoms with E-state index in [0.717, 1.165) is 18.4 Å². The quantitative estimate of drug-likeness (QED) is 0.751. The zero-order valence-electron chi connectivity index (χ0n) is 11.6. The van der Waals surface area contributed by atoms with Gasteiger partial charge in [0.15, 0.2) is 0 Å². The summed E-state index contributed by atoms with van der Waals surface area (Å²) in [6, 6.07) is 9.76. The van der Waals surface area contributed by atoms with Crippen LogP contribution in [-0.2, 0) is 18.4 Å². The summed E-state index contributed by atoms with van der Waals surface area (Å²) in [4.78, 5) is 22.4. The maximum atomic E-state index is 11.2. The van der Waals surface area contributed by atoms with E-state index in [1.165, 1.54) is 13.8 Å². The summed E-state index contributed by atoms with van der Waals surface area (Å²) < 4.78 is 10.6. The zero-order valence-corrected chi connectivity index (χ0v) is 12.7. The third-order valence-electron chi connectivity index (χ3n) is 2.72. The molecule has 0 bridgehead atoms. The van der Waals surface area contributed by atoms with Crippen molar-refractivity contribution in [2.24, 2.45) is 0 Å². The van der Waals surface area contributed by atoms with E-state index >= 15 is 0 Å². The van der Waals surface area contributed by atoms with E-state index < -0.39 is 21.2 Å². The number of benzene rings is 1. The van der Waals surface area contributed by atoms with Crippen molar-refractivity contribution < 1.29 is 18.4 Å². The van der Waals surface area contributed by atoms with Gasteiger partial charge in [0.1, 0.15) is 0 Å². The Balaban J connectivity index is 2.97. The summed E-state index contributed by atoms with van der Waals surface area (Å²) in [5.41, 5.74) is 1.06. The lowest BCUT2D eigenvalue weighted by Crippen LogP contribution is -2.34. The van der Waals surface area contributed by atoms with Crippen LogP contribution in [-0.4, -0.2) is 21.2 Å². The Labute approximate surface area is 115 Å². The van der Waals surface area contributed by atoms with Gasteiger partial charge in [-0.25, -0.2) is 0 Å². The average Bonchev–Trinajstić information content (AvgIpc) is 2.35. The van der Waals surface area contributed by atoms with Crippen LogP contribution in [0.3, 0.4) is 0 Å². The van der Waals surface area contributed by atoms with Crippen molar-refractivity contribution in [3.05, 3.63) is 35.9 Å². The van der Waals surface area contributed by atoms with Crippen molar-refractivity contribution in [2.45, 2.75) is 39.2 Å². The lowest BCUT2D eigenvalue weighted by molar-refractivity contribution is -0.137. The first-order chi connectivity index (χ1) is 9.04. The van der Waals surface area contributed by atoms with E-state index in [1.54, 1.807) is 0 Å². The highest BCUT2D eigenvalue weighted by atomic mass is 28.3. The Morgan fingerprint density at radius 2 is 1.63 bits per heavy atom. The minimum Gasteiger partial charge on any atom is -0.487 e. The van der Waals surface area contributed by atoms with Crippen LogP contribution in [0.4, 0.5) is 0 Å². The summed E-state index contributed by atoms with van der Waals surface area (Å²) in [7, 11) is -2.41. The first-order valence-corrected chi connectivity index (χ1v) is 8.05. The maximum absolute atomic E-state index is 11.2. The fourth-order valence-electron chi connectivity index (χ4n) is 1.99. The molecule has 0 radical (unpaired) electrons. The normalized spacial score (nSPS) is 12.0. The Morgan fingerprint density at radius 1 is 1.11 bits per heavy atom. The Kier molecular flexibility index (Phi) is 6.28. The highest BCUT2D eigenvalue weighted by Gasteiger charge is 2.32. The van der Waals surface area contributed by atoms with Crippen molar-refractivity contribution in [2.75, 3.05) is 0 Å². The largest absolute Gasteiger partial charge is 0.487 e. The van der Waals surface area contributed by atoms with Crippen LogP contribution in [0.1, 0.15) is 44.7 Å². The minimum atomic E-state index is -2.41. The fourth-order valence-corrected chi connectivity index (χ4v) is 4.16. The lowest BCUT2D eigenvalue weighted by atomic mass is 10.1. The van der Waals surface area contributed by atoms with Crippen LogP contribution in [0.25, 0.3) is 0 Å². The molecule has 0 N–H and O–H groups in total. The molecule has 0 saturated heterocycles. The van der Waals surface area contributed by atoms with Crippen LogP contribution in [0, 0.1) is 0 Å². The minimum absolute atomic E-state index is 0.000926. The van der Waals surface area contributed by atoms with Crippen LogP contribution >= 0.6 is 0 Å². The predicted octanol–water partition coefficient (Wildman–Crippen LogP) is 2.46. The van der Waals surface area contributed by atoms with Crippen molar-refractivity contribution in [3.63, 3.8) is 0 Å². The third-order valence-corrected chi connectivity index (χ3v) is 5.22. The molecule has 1 rings (SSSR count). The van der Waals surface area contributed by atoms with Crippen molar-refractivity contribution in [3.8, 4) is 0 Å². The number of rotatable bonds is 6. The molecule has 104 valence electrons. The lowest BCUT2D eigenvalue weighted by Gasteiger charge is -2.24. The second kappa shape index (κ2) is 7.73. The molecule has 1 atom stereocenters. The van der Waals surface area contributed by atoms with E-state index in [4.69, 9.17) is 8.85 Å². The molecule has 0 aliphatic heterocycles. The molecular weight excluding hydrogens is 260 g/mol. The van der Waals surface area contributed by atoms with E-state index in [2.05, 4.69) is 6.92 Å². The van der Waals surface area contributed by atoms with Gasteiger partial charge in [-0.05, 0) is 12.0 Å². The fraction of sp³-hybridized carbons (Fsp3) is 0.429. The average molecular weight is 280 g/mol. The van der Waals surface area contributed by atoms with Crippen molar-refractivity contribution >= 4 is 21.2 Å². The molecule has 0 heterocycles. The number of carbonyl (C=O) groups excluding carboxylic acids is 2. The molecule has 1 unspecified atom stereocenters. The van der Waals surface area contributed by atoms with Crippen molar-refractivity contribution in [1.29, 1.82) is 0 Å². The van der Waals surface area contributed by atoms with E-state index in [-0.39, 0.29) is 5.54 Å². The molecule has 5 heteroatoms. The third kappa shape index (κ3) is 5.26. The van der Waals surface area contributed by atoms with Gasteiger partial charge in [0.25, 0.3) is 11.9 Å². The topological polar surface area (TPSA) is 52.6 Å². The summed E-state index contributed by atoms with van der Waals surface area (Å²) in [5, 5.41) is 0. The first-order valence-electron chi connectivity index (χ1n) is 6.44. The SMILES string of the molecule is CCCC(c1ccccc1)[SiH](OC(C)=O)OC(C)=O. The Bertz CT molecular complexity index is 403. The summed E-state index contributed by atoms with van der Waals surface area (Å²) in [5.74, 6) is -0.787. The van der Waals surface area contributed by atoms with E-state index in [0.29, 0.717) is 0 Å². The molecule has 1 aromatic carbocycles. The smallest absolute Gasteiger partial charge is 0.455 e. The second-order valence-corrected chi connectivity index (χ2v) is 6.41. The van der Waals surface area contributed by atoms with Crippen LogP contribution in [0.5, 0.6) is 0 Å². The predicted molar refractivity (Wildman–Crippen MR) is 74.8 cm³/mol. The second-order valence-electron chi connectivity index (χ2n) is 4.39. The molecule has 0 aliphatic carbocycles. The van der Waals surface area contributed by atoms with Crippen LogP contribution in [0.15, 0.2) is 30.3 Å². The molecule has 0 aliphatic rings. The molecule has 0 spiro atoms. The molecule has 4 nitrogen and oxygen atoms in total. The molecule has 0 aromatic heterocycles. The van der Waals surface area contributed by atoms with Crippen LogP contribution in [0.2, 0.25) is 0 Å². The van der Waals surface area contributed by atoms with E-state index in [1.807, 2.05) is 30.3 Å². The van der Waals surface area contributed by atoms with Gasteiger partial charge in [0, 0.05) is 19.4 Å². The molecule has 19 heavy (non-hydrogen) atoms. The highest BCUT2D eigenvalue weighted by Crippen LogP contribution is 2.25. The molecule has 0 fully saturated rings. The Hall–Kier alpha value is -1.62. The van der Waals surface area contributed by atoms with Gasteiger partial charge in [0.2, 0.25) is 0 Å². The summed E-state index contributed by atoms with van der Waals surface area (Å²) in [6.45, 7) is 4.75. The van der Waals surface area contributed by atoms with Gasteiger partial charge < -0.3 is 8.85 Å². The van der Waals surface area contributed by atoms with Gasteiger partial charge in [-0.1, -0.05) is 43.7 Å². The summed E-state index contributed by atoms with van der Waals surface area (Å²) >= 11 is 0. The maximum Gasteiger partial charge on any atom is 0.455 e. The highest BCUT2D eigenvalue weighted by molar-refractivity contribution is 6.50. The standard InChI is InChI=1S/C14H20O4Si/c1-4-8-14(13-9-6-5-7-10-13)19(17-11(2)15)18-12(3)16/h5-7,9-10,14,19H,4,8H2,1-3H3. The van der Waals surface area contributed by atoms with Crippen molar-refractivity contribution in [1.82, 2.24) is 0 Å². The van der Waals surface area contributed by atoms with Gasteiger partial charge in [0.05, 0.1) is 0 Å². The monoisotopic (exact) mass is 280 g/mol. The van der Waals surface area contributed by atoms with Gasteiger partial charge in [-0.3, -0.25) is 9.59 Å². The number of carbonyl (C=O) groups is 2. The zero-order chi connectivity index (χ0) is 14.3. The number of hydrogen-bond donors (Lipinski definition) is 0. The molecule has 0 saturated carbocycles. The molecule has 0 amide bonds. The van der Waals surface area contributed by atoms with E-state index in [9.17, 15) is 9.59 Å². The van der Waals surface area contributed by atoms with Gasteiger partial charge >= 0.3 is 9.28 Å². The Morgan fingerprint density at radius 3 is 2.05 bits per heavy atom. The number of hydrogen-bond acceptors (Lipinski definition) is 4. The molecular formula is C14H20O4Si. The van der Waals surface area contributed by atoms with Crippen LogP contribution < -0.4 is 0 Å². The first kappa shape index (κ1) is 15.4. The van der Waals surface area contributed by atoms with Gasteiger partial charge in [-0.2, -0.15) is 0 Å². The summed E-state index contributed by atoms with van der Waals surface area (Å²) in [6.07, 6.45) is 1.77.